The first-order valence-electron chi connectivity index (χ1n) is 5.05. The number of ether oxygens (including phenoxy) is 1. The second-order valence-corrected chi connectivity index (χ2v) is 3.63. The first-order valence-corrected chi connectivity index (χ1v) is 5.05. The molecular formula is C9H16N4O4. The van der Waals surface area contributed by atoms with Gasteiger partial charge in [0.1, 0.15) is 0 Å². The number of methoxy groups -OCH3 is 1. The summed E-state index contributed by atoms with van der Waals surface area (Å²) in [6.45, 7) is 1.73. The summed E-state index contributed by atoms with van der Waals surface area (Å²) in [5, 5.41) is 22.8. The molecule has 0 radical (unpaired) electrons. The van der Waals surface area contributed by atoms with Crippen LogP contribution in [0.25, 0.3) is 0 Å². The predicted molar refractivity (Wildman–Crippen MR) is 61.0 cm³/mol. The summed E-state index contributed by atoms with van der Waals surface area (Å²) in [4.78, 5) is 14.1. The molecule has 1 atom stereocenters. The molecule has 0 amide bonds. The number of aliphatic hydroxyl groups excluding tert-OH is 1. The Morgan fingerprint density at radius 3 is 2.82 bits per heavy atom. The van der Waals surface area contributed by atoms with E-state index < -0.39 is 11.0 Å². The molecule has 0 aliphatic heterocycles. The van der Waals surface area contributed by atoms with Crippen LogP contribution in [0.1, 0.15) is 5.82 Å². The topological polar surface area (TPSA) is 102 Å². The van der Waals surface area contributed by atoms with Crippen molar-refractivity contribution in [2.24, 2.45) is 7.05 Å². The maximum Gasteiger partial charge on any atom is 0.406 e. The summed E-state index contributed by atoms with van der Waals surface area (Å²) < 4.78 is 6.46. The summed E-state index contributed by atoms with van der Waals surface area (Å²) in [7, 11) is 3.16. The highest BCUT2D eigenvalue weighted by atomic mass is 16.6. The lowest BCUT2D eigenvalue weighted by Gasteiger charge is -2.15. The number of nitro groups is 1. The minimum atomic E-state index is -0.559. The van der Waals surface area contributed by atoms with Crippen LogP contribution in [0.15, 0.2) is 0 Å². The van der Waals surface area contributed by atoms with E-state index in [9.17, 15) is 10.1 Å². The van der Waals surface area contributed by atoms with Crippen LogP contribution in [0.5, 0.6) is 0 Å². The molecule has 1 rings (SSSR count). The number of imidazole rings is 1. The molecule has 0 aliphatic carbocycles. The third kappa shape index (κ3) is 2.92. The summed E-state index contributed by atoms with van der Waals surface area (Å²) in [5.41, 5.74) is 0. The van der Waals surface area contributed by atoms with E-state index in [-0.39, 0.29) is 24.8 Å². The van der Waals surface area contributed by atoms with Gasteiger partial charge >= 0.3 is 5.82 Å². The van der Waals surface area contributed by atoms with E-state index in [0.717, 1.165) is 0 Å². The quantitative estimate of drug-likeness (QED) is 0.541. The molecule has 1 aromatic heterocycles. The molecule has 0 saturated heterocycles. The maximum absolute atomic E-state index is 10.8. The van der Waals surface area contributed by atoms with E-state index in [2.05, 4.69) is 10.3 Å². The van der Waals surface area contributed by atoms with E-state index in [1.54, 1.807) is 18.5 Å². The van der Waals surface area contributed by atoms with Gasteiger partial charge in [-0.2, -0.15) is 0 Å². The Kier molecular flexibility index (Phi) is 4.41. The van der Waals surface area contributed by atoms with Gasteiger partial charge in [-0.05, 0) is 9.91 Å². The Morgan fingerprint density at radius 2 is 2.35 bits per heavy atom. The highest BCUT2D eigenvalue weighted by Gasteiger charge is 2.25. The van der Waals surface area contributed by atoms with Crippen molar-refractivity contribution >= 4 is 11.6 Å². The van der Waals surface area contributed by atoms with Crippen LogP contribution in [0.4, 0.5) is 11.6 Å². The molecule has 17 heavy (non-hydrogen) atoms. The van der Waals surface area contributed by atoms with Crippen molar-refractivity contribution < 1.29 is 14.8 Å². The minimum absolute atomic E-state index is 0.185. The minimum Gasteiger partial charge on any atom is -0.394 e. The molecule has 0 spiro atoms. The Morgan fingerprint density at radius 1 is 1.71 bits per heavy atom. The molecule has 2 N–H and O–H groups in total. The second kappa shape index (κ2) is 5.60. The number of nitrogens with one attached hydrogen (secondary N) is 1. The highest BCUT2D eigenvalue weighted by molar-refractivity contribution is 5.54. The molecule has 96 valence electrons. The third-order valence-corrected chi connectivity index (χ3v) is 2.40. The lowest BCUT2D eigenvalue weighted by Crippen LogP contribution is -2.30. The molecule has 1 unspecified atom stereocenters. The number of aryl methyl sites for hydroxylation is 1. The van der Waals surface area contributed by atoms with Gasteiger partial charge in [0.25, 0.3) is 0 Å². The van der Waals surface area contributed by atoms with Crippen molar-refractivity contribution in [3.63, 3.8) is 0 Å². The molecule has 0 fully saturated rings. The fourth-order valence-electron chi connectivity index (χ4n) is 1.42. The zero-order valence-corrected chi connectivity index (χ0v) is 10.0. The van der Waals surface area contributed by atoms with Gasteiger partial charge in [-0.1, -0.05) is 0 Å². The van der Waals surface area contributed by atoms with Crippen LogP contribution < -0.4 is 5.32 Å². The lowest BCUT2D eigenvalue weighted by molar-refractivity contribution is -0.388. The molecule has 0 saturated carbocycles. The van der Waals surface area contributed by atoms with Crippen LogP contribution in [-0.2, 0) is 11.8 Å². The van der Waals surface area contributed by atoms with Crippen LogP contribution >= 0.6 is 0 Å². The van der Waals surface area contributed by atoms with E-state index in [1.165, 1.54) is 7.11 Å². The van der Waals surface area contributed by atoms with Crippen molar-refractivity contribution in [2.75, 3.05) is 25.6 Å². The van der Waals surface area contributed by atoms with Gasteiger partial charge in [0.05, 0.1) is 19.3 Å². The van der Waals surface area contributed by atoms with E-state index in [4.69, 9.17) is 9.84 Å². The van der Waals surface area contributed by atoms with Crippen molar-refractivity contribution in [2.45, 2.75) is 13.0 Å². The molecule has 0 aromatic carbocycles. The summed E-state index contributed by atoms with van der Waals surface area (Å²) >= 11 is 0. The SMILES string of the molecule is COCC(CO)Nc1c([N+](=O)[O-])nc(C)n1C. The fourth-order valence-corrected chi connectivity index (χ4v) is 1.42. The highest BCUT2D eigenvalue weighted by Crippen LogP contribution is 2.24. The number of anilines is 1. The summed E-state index contributed by atoms with van der Waals surface area (Å²) in [6, 6.07) is -0.409. The van der Waals surface area contributed by atoms with Crippen LogP contribution in [-0.4, -0.2) is 45.9 Å². The van der Waals surface area contributed by atoms with Gasteiger partial charge in [0.2, 0.25) is 11.6 Å². The number of hydrogen-bond donors (Lipinski definition) is 2. The van der Waals surface area contributed by atoms with Gasteiger partial charge in [-0.25, -0.2) is 0 Å². The summed E-state index contributed by atoms with van der Waals surface area (Å²) in [5.74, 6) is 0.538. The van der Waals surface area contributed by atoms with E-state index >= 15 is 0 Å². The molecule has 0 aliphatic rings. The van der Waals surface area contributed by atoms with Gasteiger partial charge in [0.15, 0.2) is 0 Å². The smallest absolute Gasteiger partial charge is 0.394 e. The van der Waals surface area contributed by atoms with Gasteiger partial charge in [0, 0.05) is 21.1 Å². The number of hydrogen-bond acceptors (Lipinski definition) is 6. The first-order chi connectivity index (χ1) is 8.01. The number of nitrogens with zero attached hydrogens (tertiary/aromatic N) is 3. The largest absolute Gasteiger partial charge is 0.406 e. The average Bonchev–Trinajstić information content (AvgIpc) is 2.56. The fraction of sp³-hybridized carbons (Fsp3) is 0.667. The first kappa shape index (κ1) is 13.4. The zero-order chi connectivity index (χ0) is 13.0. The van der Waals surface area contributed by atoms with Crippen molar-refractivity contribution in [3.8, 4) is 0 Å². The molecule has 0 bridgehead atoms. The average molecular weight is 244 g/mol. The van der Waals surface area contributed by atoms with Gasteiger partial charge in [-0.3, -0.25) is 4.57 Å². The van der Waals surface area contributed by atoms with E-state index in [1.807, 2.05) is 0 Å². The predicted octanol–water partition coefficient (Wildman–Crippen LogP) is 0.0559. The summed E-state index contributed by atoms with van der Waals surface area (Å²) in [6.07, 6.45) is 0. The van der Waals surface area contributed by atoms with Crippen molar-refractivity contribution in [1.29, 1.82) is 0 Å². The van der Waals surface area contributed by atoms with Crippen LogP contribution in [0.2, 0.25) is 0 Å². The number of rotatable bonds is 6. The van der Waals surface area contributed by atoms with Crippen molar-refractivity contribution in [1.82, 2.24) is 9.55 Å². The Hall–Kier alpha value is -1.67. The standard InChI is InChI=1S/C9H16N4O4/c1-6-10-9(13(15)16)8(12(6)2)11-7(4-14)5-17-3/h7,11,14H,4-5H2,1-3H3. The number of aliphatic hydroxyl groups is 1. The van der Waals surface area contributed by atoms with Gasteiger partial charge in [-0.15, -0.1) is 0 Å². The molecule has 8 heteroatoms. The Labute approximate surface area is 98.4 Å². The Bertz CT molecular complexity index is 404. The Balaban J connectivity index is 2.99. The zero-order valence-electron chi connectivity index (χ0n) is 10.0. The number of aromatic nitrogens is 2. The molecule has 8 nitrogen and oxygen atoms in total. The van der Waals surface area contributed by atoms with Crippen molar-refractivity contribution in [3.05, 3.63) is 15.9 Å². The molecule has 1 heterocycles. The second-order valence-electron chi connectivity index (χ2n) is 3.63. The van der Waals surface area contributed by atoms with Gasteiger partial charge < -0.3 is 25.3 Å². The lowest BCUT2D eigenvalue weighted by atomic mass is 10.3. The molecule has 1 aromatic rings. The maximum atomic E-state index is 10.8. The third-order valence-electron chi connectivity index (χ3n) is 2.40. The molecular weight excluding hydrogens is 228 g/mol. The van der Waals surface area contributed by atoms with E-state index in [0.29, 0.717) is 5.82 Å². The van der Waals surface area contributed by atoms with Crippen LogP contribution in [0, 0.1) is 17.0 Å². The van der Waals surface area contributed by atoms with Crippen LogP contribution in [0.3, 0.4) is 0 Å². The monoisotopic (exact) mass is 244 g/mol. The normalized spacial score (nSPS) is 12.5.